The van der Waals surface area contributed by atoms with E-state index < -0.39 is 0 Å². The smallest absolute Gasteiger partial charge is 0.192 e. The molecule has 0 aliphatic carbocycles. The first-order valence-electron chi connectivity index (χ1n) is 9.16. The quantitative estimate of drug-likeness (QED) is 0.330. The normalized spacial score (nSPS) is 10.8. The van der Waals surface area contributed by atoms with Gasteiger partial charge in [0.05, 0.1) is 0 Å². The predicted molar refractivity (Wildman–Crippen MR) is 121 cm³/mol. The Morgan fingerprint density at radius 3 is 0.967 bits per heavy atom. The van der Waals surface area contributed by atoms with E-state index in [-0.39, 0.29) is 0 Å². The third-order valence-electron chi connectivity index (χ3n) is 3.93. The van der Waals surface area contributed by atoms with E-state index in [2.05, 4.69) is 29.9 Å². The Morgan fingerprint density at radius 2 is 0.700 bits per heavy atom. The van der Waals surface area contributed by atoms with Crippen LogP contribution in [0, 0.1) is 0 Å². The largest absolute Gasteiger partial charge is 0.265 e. The molecule has 0 aliphatic rings. The number of aromatic nitrogens is 6. The number of rotatable bonds is 9. The van der Waals surface area contributed by atoms with Gasteiger partial charge in [0, 0.05) is 54.4 Å². The van der Waals surface area contributed by atoms with Gasteiger partial charge in [0.25, 0.3) is 0 Å². The molecule has 0 atom stereocenters. The topological polar surface area (TPSA) is 77.3 Å². The molecule has 0 aromatic carbocycles. The monoisotopic (exact) mass is 450 g/mol. The van der Waals surface area contributed by atoms with Crippen molar-refractivity contribution in [2.75, 3.05) is 0 Å². The Hall–Kier alpha value is -2.49. The van der Waals surface area contributed by atoms with Gasteiger partial charge < -0.3 is 0 Å². The van der Waals surface area contributed by atoms with Crippen molar-refractivity contribution in [2.24, 2.45) is 0 Å². The van der Waals surface area contributed by atoms with Crippen LogP contribution < -0.4 is 0 Å². The lowest BCUT2D eigenvalue weighted by molar-refractivity contribution is 0.717. The van der Waals surface area contributed by atoms with E-state index in [1.165, 1.54) is 16.7 Å². The second-order valence-corrected chi connectivity index (χ2v) is 8.94. The highest BCUT2D eigenvalue weighted by Gasteiger charge is 2.10. The van der Waals surface area contributed by atoms with Gasteiger partial charge in [-0.15, -0.1) is 0 Å². The van der Waals surface area contributed by atoms with Crippen LogP contribution in [0.15, 0.2) is 89.0 Å². The number of hydrogen-bond donors (Lipinski definition) is 0. The molecule has 4 rings (SSSR count). The van der Waals surface area contributed by atoms with Crippen LogP contribution in [0.2, 0.25) is 0 Å². The average Bonchev–Trinajstić information content (AvgIpc) is 2.82. The highest BCUT2D eigenvalue weighted by atomic mass is 32.2. The molecule has 0 bridgehead atoms. The lowest BCUT2D eigenvalue weighted by Crippen LogP contribution is -1.98. The van der Waals surface area contributed by atoms with Gasteiger partial charge in [-0.1, -0.05) is 35.3 Å². The molecule has 6 nitrogen and oxygen atoms in total. The molecule has 0 fully saturated rings. The highest BCUT2D eigenvalue weighted by Crippen LogP contribution is 2.27. The molecule has 4 aromatic heterocycles. The Bertz CT molecular complexity index is 903. The fourth-order valence-corrected chi connectivity index (χ4v) is 4.94. The zero-order valence-electron chi connectivity index (χ0n) is 16.0. The van der Waals surface area contributed by atoms with Crippen LogP contribution in [-0.4, -0.2) is 29.9 Å². The van der Waals surface area contributed by atoms with E-state index in [1.807, 2.05) is 36.4 Å². The molecular weight excluding hydrogens is 432 g/mol. The van der Waals surface area contributed by atoms with E-state index in [0.29, 0.717) is 0 Å². The molecule has 0 aliphatic heterocycles. The van der Waals surface area contributed by atoms with Crippen LogP contribution in [0.25, 0.3) is 0 Å². The van der Waals surface area contributed by atoms with Gasteiger partial charge >= 0.3 is 0 Å². The molecule has 0 saturated carbocycles. The molecule has 30 heavy (non-hydrogen) atoms. The summed E-state index contributed by atoms with van der Waals surface area (Å²) in [5.74, 6) is 2.36. The van der Waals surface area contributed by atoms with E-state index >= 15 is 0 Å². The van der Waals surface area contributed by atoms with Crippen LogP contribution >= 0.6 is 35.3 Å². The maximum absolute atomic E-state index is 4.67. The summed E-state index contributed by atoms with van der Waals surface area (Å²) in [6, 6.07) is 12.0. The van der Waals surface area contributed by atoms with E-state index in [0.717, 1.165) is 32.7 Å². The number of thioether (sulfide) groups is 3. The molecule has 4 heterocycles. The standard InChI is InChI=1S/C21H18N6S3/c1-7-22-8-2-16(1)13-28-19-25-20(29-14-17-3-9-23-10-4-17)27-21(26-19)30-15-18-5-11-24-12-6-18/h1-12H,13-15H2. The molecule has 0 amide bonds. The summed E-state index contributed by atoms with van der Waals surface area (Å²) >= 11 is 4.83. The van der Waals surface area contributed by atoms with Crippen molar-refractivity contribution in [3.63, 3.8) is 0 Å². The Morgan fingerprint density at radius 1 is 0.433 bits per heavy atom. The summed E-state index contributed by atoms with van der Waals surface area (Å²) in [5, 5.41) is 2.20. The second kappa shape index (κ2) is 11.1. The predicted octanol–water partition coefficient (Wildman–Crippen LogP) is 4.93. The summed E-state index contributed by atoms with van der Waals surface area (Å²) in [7, 11) is 0. The summed E-state index contributed by atoms with van der Waals surface area (Å²) in [6.07, 6.45) is 10.8. The van der Waals surface area contributed by atoms with Crippen molar-refractivity contribution in [1.29, 1.82) is 0 Å². The average molecular weight is 451 g/mol. The van der Waals surface area contributed by atoms with Crippen LogP contribution in [-0.2, 0) is 17.3 Å². The summed E-state index contributed by atoms with van der Waals surface area (Å²) in [6.45, 7) is 0. The lowest BCUT2D eigenvalue weighted by Gasteiger charge is -2.07. The third kappa shape index (κ3) is 6.51. The maximum Gasteiger partial charge on any atom is 0.192 e. The minimum Gasteiger partial charge on any atom is -0.265 e. The number of hydrogen-bond acceptors (Lipinski definition) is 9. The van der Waals surface area contributed by atoms with Gasteiger partial charge in [-0.25, -0.2) is 0 Å². The molecule has 0 N–H and O–H groups in total. The van der Waals surface area contributed by atoms with Crippen LogP contribution in [0.1, 0.15) is 16.7 Å². The van der Waals surface area contributed by atoms with E-state index in [4.69, 9.17) is 0 Å². The fraction of sp³-hybridized carbons (Fsp3) is 0.143. The van der Waals surface area contributed by atoms with Crippen molar-refractivity contribution in [2.45, 2.75) is 32.7 Å². The zero-order valence-corrected chi connectivity index (χ0v) is 18.4. The SMILES string of the molecule is c1cc(CSc2nc(SCc3ccncc3)nc(SCc3ccncc3)n2)ccn1. The molecule has 0 spiro atoms. The van der Waals surface area contributed by atoms with E-state index in [1.54, 1.807) is 72.5 Å². The Labute approximate surface area is 187 Å². The molecule has 0 saturated heterocycles. The Balaban J connectivity index is 1.48. The number of pyridine rings is 3. The van der Waals surface area contributed by atoms with E-state index in [9.17, 15) is 0 Å². The molecule has 0 unspecified atom stereocenters. The first-order valence-corrected chi connectivity index (χ1v) is 12.1. The maximum atomic E-state index is 4.67. The van der Waals surface area contributed by atoms with Crippen LogP contribution in [0.5, 0.6) is 0 Å². The summed E-state index contributed by atoms with van der Waals surface area (Å²) in [5.41, 5.74) is 3.56. The van der Waals surface area contributed by atoms with Crippen LogP contribution in [0.4, 0.5) is 0 Å². The molecule has 9 heteroatoms. The zero-order chi connectivity index (χ0) is 20.4. The van der Waals surface area contributed by atoms with Crippen LogP contribution in [0.3, 0.4) is 0 Å². The van der Waals surface area contributed by atoms with Gasteiger partial charge in [-0.05, 0) is 53.1 Å². The minimum atomic E-state index is 0.733. The fourth-order valence-electron chi connectivity index (χ4n) is 2.39. The number of nitrogens with zero attached hydrogens (tertiary/aromatic N) is 6. The minimum absolute atomic E-state index is 0.733. The van der Waals surface area contributed by atoms with Gasteiger partial charge in [0.2, 0.25) is 0 Å². The Kier molecular flexibility index (Phi) is 7.65. The first kappa shape index (κ1) is 20.8. The summed E-state index contributed by atoms with van der Waals surface area (Å²) < 4.78 is 0. The van der Waals surface area contributed by atoms with Crippen molar-refractivity contribution in [3.05, 3.63) is 90.3 Å². The van der Waals surface area contributed by atoms with Crippen molar-refractivity contribution in [3.8, 4) is 0 Å². The molecule has 4 aromatic rings. The molecular formula is C21H18N6S3. The van der Waals surface area contributed by atoms with Gasteiger partial charge in [0.1, 0.15) is 0 Å². The second-order valence-electron chi connectivity index (χ2n) is 6.12. The molecule has 150 valence electrons. The van der Waals surface area contributed by atoms with Crippen molar-refractivity contribution >= 4 is 35.3 Å². The summed E-state index contributed by atoms with van der Waals surface area (Å²) in [4.78, 5) is 26.2. The van der Waals surface area contributed by atoms with Gasteiger partial charge in [0.15, 0.2) is 15.5 Å². The van der Waals surface area contributed by atoms with Gasteiger partial charge in [-0.2, -0.15) is 15.0 Å². The highest BCUT2D eigenvalue weighted by molar-refractivity contribution is 7.99. The lowest BCUT2D eigenvalue weighted by atomic mass is 10.3. The third-order valence-corrected chi connectivity index (χ3v) is 6.68. The van der Waals surface area contributed by atoms with Crippen molar-refractivity contribution in [1.82, 2.24) is 29.9 Å². The van der Waals surface area contributed by atoms with Gasteiger partial charge in [-0.3, -0.25) is 15.0 Å². The molecule has 0 radical (unpaired) electrons. The first-order chi connectivity index (χ1) is 14.8. The van der Waals surface area contributed by atoms with Crippen molar-refractivity contribution < 1.29 is 0 Å².